The molecular formula is C16H12N4O6. The van der Waals surface area contributed by atoms with Gasteiger partial charge in [0.1, 0.15) is 5.69 Å². The van der Waals surface area contributed by atoms with E-state index in [0.29, 0.717) is 0 Å². The van der Waals surface area contributed by atoms with E-state index in [2.05, 4.69) is 10.3 Å². The van der Waals surface area contributed by atoms with E-state index >= 15 is 0 Å². The number of rotatable bonds is 5. The van der Waals surface area contributed by atoms with Crippen LogP contribution >= 0.6 is 0 Å². The SMILES string of the molecule is O=C1C(=[NH+]c2ccccc2[N+](=O)[O-])C([O-])C1Nc1ccccc1[N+](=O)[O-]. The number of Topliss-reactive ketones (excluding diaryl/α,β-unsaturated/α-hetero) is 1. The molecule has 0 spiro atoms. The van der Waals surface area contributed by atoms with Gasteiger partial charge in [-0.3, -0.25) is 25.0 Å². The second-order valence-electron chi connectivity index (χ2n) is 5.49. The maximum absolute atomic E-state index is 12.3. The Bertz CT molecular complexity index is 942. The fraction of sp³-hybridized carbons (Fsp3) is 0.125. The van der Waals surface area contributed by atoms with Crippen LogP contribution < -0.4 is 15.4 Å². The Labute approximate surface area is 146 Å². The molecular weight excluding hydrogens is 344 g/mol. The summed E-state index contributed by atoms with van der Waals surface area (Å²) in [4.78, 5) is 35.5. The van der Waals surface area contributed by atoms with Crippen LogP contribution in [0.2, 0.25) is 0 Å². The van der Waals surface area contributed by atoms with Gasteiger partial charge in [-0.25, -0.2) is 4.99 Å². The van der Waals surface area contributed by atoms with E-state index in [1.807, 2.05) is 0 Å². The molecule has 0 aromatic heterocycles. The van der Waals surface area contributed by atoms with Gasteiger partial charge in [-0.15, -0.1) is 0 Å². The molecule has 2 unspecified atom stereocenters. The molecule has 2 aromatic rings. The second-order valence-corrected chi connectivity index (χ2v) is 5.49. The summed E-state index contributed by atoms with van der Waals surface area (Å²) in [6, 6.07) is 10.1. The number of anilines is 1. The lowest BCUT2D eigenvalue weighted by atomic mass is 9.84. The van der Waals surface area contributed by atoms with Crippen LogP contribution in [0.1, 0.15) is 0 Å². The van der Waals surface area contributed by atoms with Gasteiger partial charge in [-0.2, -0.15) is 0 Å². The summed E-state index contributed by atoms with van der Waals surface area (Å²) in [6.07, 6.45) is -1.54. The van der Waals surface area contributed by atoms with Crippen molar-refractivity contribution >= 4 is 34.2 Å². The summed E-state index contributed by atoms with van der Waals surface area (Å²) in [5.74, 6) is -0.596. The third kappa shape index (κ3) is 3.00. The summed E-state index contributed by atoms with van der Waals surface area (Å²) >= 11 is 0. The average molecular weight is 356 g/mol. The molecule has 0 saturated heterocycles. The van der Waals surface area contributed by atoms with Crippen LogP contribution in [0.25, 0.3) is 0 Å². The Kier molecular flexibility index (Phi) is 4.42. The number of nitrogens with zero attached hydrogens (tertiary/aromatic N) is 2. The van der Waals surface area contributed by atoms with Gasteiger partial charge >= 0.3 is 5.69 Å². The molecule has 1 aliphatic rings. The first-order valence-electron chi connectivity index (χ1n) is 7.47. The molecule has 0 bridgehead atoms. The first-order chi connectivity index (χ1) is 12.4. The van der Waals surface area contributed by atoms with Crippen molar-refractivity contribution in [1.82, 2.24) is 0 Å². The van der Waals surface area contributed by atoms with E-state index in [0.717, 1.165) is 0 Å². The Morgan fingerprint density at radius 2 is 1.50 bits per heavy atom. The molecule has 26 heavy (non-hydrogen) atoms. The van der Waals surface area contributed by atoms with Crippen molar-refractivity contribution in [2.75, 3.05) is 5.32 Å². The number of ketones is 1. The van der Waals surface area contributed by atoms with E-state index in [9.17, 15) is 30.1 Å². The van der Waals surface area contributed by atoms with Gasteiger partial charge in [0, 0.05) is 18.2 Å². The highest BCUT2D eigenvalue weighted by Crippen LogP contribution is 2.26. The van der Waals surface area contributed by atoms with Gasteiger partial charge in [0.2, 0.25) is 11.5 Å². The van der Waals surface area contributed by atoms with Crippen molar-refractivity contribution in [1.29, 1.82) is 0 Å². The van der Waals surface area contributed by atoms with E-state index < -0.39 is 27.8 Å². The summed E-state index contributed by atoms with van der Waals surface area (Å²) < 4.78 is 0. The van der Waals surface area contributed by atoms with Gasteiger partial charge in [0.15, 0.2) is 0 Å². The molecule has 0 radical (unpaired) electrons. The maximum Gasteiger partial charge on any atom is 0.339 e. The lowest BCUT2D eigenvalue weighted by Crippen LogP contribution is -2.84. The Morgan fingerprint density at radius 1 is 0.923 bits per heavy atom. The van der Waals surface area contributed by atoms with Crippen molar-refractivity contribution in [3.05, 3.63) is 68.8 Å². The van der Waals surface area contributed by atoms with Crippen molar-refractivity contribution in [2.24, 2.45) is 0 Å². The third-order valence-corrected chi connectivity index (χ3v) is 3.92. The van der Waals surface area contributed by atoms with Crippen LogP contribution in [-0.4, -0.2) is 33.5 Å². The topological polar surface area (TPSA) is 152 Å². The molecule has 1 fully saturated rings. The van der Waals surface area contributed by atoms with E-state index in [-0.39, 0.29) is 28.5 Å². The predicted molar refractivity (Wildman–Crippen MR) is 88.0 cm³/mol. The number of nitrogens with one attached hydrogen (secondary N) is 2. The molecule has 10 heteroatoms. The zero-order valence-corrected chi connectivity index (χ0v) is 13.1. The number of nitro benzene ring substituents is 2. The lowest BCUT2D eigenvalue weighted by Gasteiger charge is -2.38. The number of carbonyl (C=O) groups excluding carboxylic acids is 1. The van der Waals surface area contributed by atoms with Crippen molar-refractivity contribution in [3.63, 3.8) is 0 Å². The van der Waals surface area contributed by atoms with Crippen LogP contribution in [0.3, 0.4) is 0 Å². The first-order valence-corrected chi connectivity index (χ1v) is 7.47. The monoisotopic (exact) mass is 356 g/mol. The highest BCUT2D eigenvalue weighted by molar-refractivity contribution is 6.49. The second kappa shape index (κ2) is 6.69. The van der Waals surface area contributed by atoms with E-state index in [1.54, 1.807) is 0 Å². The van der Waals surface area contributed by atoms with Gasteiger partial charge in [-0.1, -0.05) is 24.3 Å². The maximum atomic E-state index is 12.3. The van der Waals surface area contributed by atoms with Gasteiger partial charge in [0.25, 0.3) is 11.4 Å². The molecule has 2 atom stereocenters. The number of nitro groups is 2. The van der Waals surface area contributed by atoms with E-state index in [4.69, 9.17) is 0 Å². The third-order valence-electron chi connectivity index (χ3n) is 3.92. The molecule has 2 aromatic carbocycles. The number of para-hydroxylation sites is 4. The van der Waals surface area contributed by atoms with Crippen molar-refractivity contribution in [3.8, 4) is 0 Å². The Balaban J connectivity index is 1.84. The minimum atomic E-state index is -1.54. The average Bonchev–Trinajstić information content (AvgIpc) is 2.64. The summed E-state index contributed by atoms with van der Waals surface area (Å²) in [6.45, 7) is 0. The fourth-order valence-electron chi connectivity index (χ4n) is 2.60. The molecule has 0 aliphatic heterocycles. The predicted octanol–water partition coefficient (Wildman–Crippen LogP) is -0.552. The molecule has 1 saturated carbocycles. The Hall–Kier alpha value is -3.66. The zero-order valence-electron chi connectivity index (χ0n) is 13.1. The van der Waals surface area contributed by atoms with Crippen LogP contribution in [0.4, 0.5) is 22.7 Å². The standard InChI is InChI=1S/C16H11N4O6/c21-15-13(17-9-5-1-3-7-11(9)19(23)24)16(22)14(15)18-10-6-2-4-8-12(10)20(25)26/h1-8,13,15,17H/q-1/p+1. The summed E-state index contributed by atoms with van der Waals surface area (Å²) in [7, 11) is 0. The minimum Gasteiger partial charge on any atom is -0.842 e. The quantitative estimate of drug-likeness (QED) is 0.538. The van der Waals surface area contributed by atoms with Crippen LogP contribution in [0.5, 0.6) is 0 Å². The van der Waals surface area contributed by atoms with Crippen LogP contribution in [0.15, 0.2) is 48.5 Å². The smallest absolute Gasteiger partial charge is 0.339 e. The molecule has 0 amide bonds. The highest BCUT2D eigenvalue weighted by Gasteiger charge is 2.45. The summed E-state index contributed by atoms with van der Waals surface area (Å²) in [5.41, 5.74) is -0.662. The normalized spacial score (nSPS) is 20.5. The van der Waals surface area contributed by atoms with E-state index in [1.165, 1.54) is 48.5 Å². The number of carbonyl (C=O) groups is 1. The molecule has 3 rings (SSSR count). The molecule has 1 aliphatic carbocycles. The minimum absolute atomic E-state index is 0.0332. The molecule has 132 valence electrons. The lowest BCUT2D eigenvalue weighted by molar-refractivity contribution is -0.441. The zero-order chi connectivity index (χ0) is 18.8. The van der Waals surface area contributed by atoms with Crippen molar-refractivity contribution in [2.45, 2.75) is 12.1 Å². The van der Waals surface area contributed by atoms with Crippen LogP contribution in [0, 0.1) is 20.2 Å². The number of hydrogen-bond donors (Lipinski definition) is 2. The van der Waals surface area contributed by atoms with Crippen LogP contribution in [-0.2, 0) is 4.79 Å². The Morgan fingerprint density at radius 3 is 2.12 bits per heavy atom. The molecule has 10 nitrogen and oxygen atoms in total. The highest BCUT2D eigenvalue weighted by atomic mass is 16.6. The first kappa shape index (κ1) is 17.2. The summed E-state index contributed by atoms with van der Waals surface area (Å²) in [5, 5.41) is 36.9. The number of benzene rings is 2. The van der Waals surface area contributed by atoms with Gasteiger partial charge in [-0.05, 0) is 12.2 Å². The number of hydrogen-bond acceptors (Lipinski definition) is 7. The van der Waals surface area contributed by atoms with Gasteiger partial charge < -0.3 is 10.4 Å². The molecule has 0 heterocycles. The van der Waals surface area contributed by atoms with Crippen molar-refractivity contribution < 1.29 is 24.7 Å². The molecule has 2 N–H and O–H groups in total. The fourth-order valence-corrected chi connectivity index (χ4v) is 2.60. The van der Waals surface area contributed by atoms with Gasteiger partial charge in [0.05, 0.1) is 15.9 Å². The largest absolute Gasteiger partial charge is 0.842 e.